The van der Waals surface area contributed by atoms with Gasteiger partial charge in [-0.3, -0.25) is 0 Å². The highest BCUT2D eigenvalue weighted by Gasteiger charge is 2.04. The lowest BCUT2D eigenvalue weighted by molar-refractivity contribution is 0.0690. The highest BCUT2D eigenvalue weighted by molar-refractivity contribution is 5.85. The standard InChI is InChI=1S/C13H10N4O2/c14-6-5-9-1-3-10(4-2-9)17-12-8-15-11(7-16-12)13(18)19/h1-4,7-8H,5H2,(H,16,17)(H,18,19). The topological polar surface area (TPSA) is 98.9 Å². The molecule has 0 fully saturated rings. The predicted octanol–water partition coefficient (Wildman–Crippen LogP) is 1.98. The number of carboxylic acids is 1. The van der Waals surface area contributed by atoms with Crippen molar-refractivity contribution < 1.29 is 9.90 Å². The molecule has 0 amide bonds. The summed E-state index contributed by atoms with van der Waals surface area (Å²) in [6, 6.07) is 9.39. The van der Waals surface area contributed by atoms with Crippen LogP contribution >= 0.6 is 0 Å². The molecule has 0 spiro atoms. The van der Waals surface area contributed by atoms with Crippen LogP contribution in [-0.4, -0.2) is 21.0 Å². The summed E-state index contributed by atoms with van der Waals surface area (Å²) in [6.07, 6.45) is 2.91. The van der Waals surface area contributed by atoms with Crippen molar-refractivity contribution in [3.63, 3.8) is 0 Å². The van der Waals surface area contributed by atoms with E-state index in [2.05, 4.69) is 21.4 Å². The van der Waals surface area contributed by atoms with E-state index in [4.69, 9.17) is 10.4 Å². The van der Waals surface area contributed by atoms with Crippen molar-refractivity contribution in [2.24, 2.45) is 0 Å². The van der Waals surface area contributed by atoms with Gasteiger partial charge in [0.1, 0.15) is 5.82 Å². The maximum atomic E-state index is 10.6. The third-order valence-corrected chi connectivity index (χ3v) is 2.38. The number of hydrogen-bond acceptors (Lipinski definition) is 5. The molecule has 1 heterocycles. The second-order valence-electron chi connectivity index (χ2n) is 3.75. The molecule has 2 N–H and O–H groups in total. The SMILES string of the molecule is N#CCc1ccc(Nc2cnc(C(=O)O)cn2)cc1. The monoisotopic (exact) mass is 254 g/mol. The summed E-state index contributed by atoms with van der Waals surface area (Å²) in [7, 11) is 0. The summed E-state index contributed by atoms with van der Waals surface area (Å²) in [5, 5.41) is 20.3. The van der Waals surface area contributed by atoms with Crippen molar-refractivity contribution in [3.05, 3.63) is 47.9 Å². The molecule has 0 aliphatic carbocycles. The van der Waals surface area contributed by atoms with Gasteiger partial charge in [0.2, 0.25) is 0 Å². The van der Waals surface area contributed by atoms with Crippen molar-refractivity contribution in [1.82, 2.24) is 9.97 Å². The number of aromatic nitrogens is 2. The van der Waals surface area contributed by atoms with E-state index in [9.17, 15) is 4.79 Å². The Morgan fingerprint density at radius 2 is 2.00 bits per heavy atom. The van der Waals surface area contributed by atoms with E-state index in [1.54, 1.807) is 0 Å². The summed E-state index contributed by atoms with van der Waals surface area (Å²) in [6.45, 7) is 0. The van der Waals surface area contributed by atoms with Crippen LogP contribution in [0.5, 0.6) is 0 Å². The molecule has 0 radical (unpaired) electrons. The van der Waals surface area contributed by atoms with Gasteiger partial charge in [-0.15, -0.1) is 0 Å². The van der Waals surface area contributed by atoms with Crippen LogP contribution < -0.4 is 5.32 Å². The van der Waals surface area contributed by atoms with Gasteiger partial charge in [-0.05, 0) is 17.7 Å². The van der Waals surface area contributed by atoms with Crippen LogP contribution in [0.15, 0.2) is 36.7 Å². The van der Waals surface area contributed by atoms with Gasteiger partial charge in [0.05, 0.1) is 24.9 Å². The average Bonchev–Trinajstić information content (AvgIpc) is 2.42. The van der Waals surface area contributed by atoms with E-state index >= 15 is 0 Å². The molecule has 0 unspecified atom stereocenters. The van der Waals surface area contributed by atoms with Crippen LogP contribution in [0, 0.1) is 11.3 Å². The summed E-state index contributed by atoms with van der Waals surface area (Å²) < 4.78 is 0. The fourth-order valence-corrected chi connectivity index (χ4v) is 1.45. The number of nitrogens with one attached hydrogen (secondary N) is 1. The predicted molar refractivity (Wildman–Crippen MR) is 68.0 cm³/mol. The maximum absolute atomic E-state index is 10.6. The Labute approximate surface area is 109 Å². The molecule has 2 rings (SSSR count). The number of aromatic carboxylic acids is 1. The molecular weight excluding hydrogens is 244 g/mol. The molecule has 0 bridgehead atoms. The number of hydrogen-bond donors (Lipinski definition) is 2. The zero-order valence-corrected chi connectivity index (χ0v) is 9.87. The van der Waals surface area contributed by atoms with Crippen molar-refractivity contribution >= 4 is 17.5 Å². The Morgan fingerprint density at radius 3 is 2.53 bits per heavy atom. The number of carboxylic acid groups (broad SMARTS) is 1. The lowest BCUT2D eigenvalue weighted by Gasteiger charge is -2.05. The van der Waals surface area contributed by atoms with E-state index in [0.29, 0.717) is 12.2 Å². The molecule has 0 aliphatic heterocycles. The second-order valence-corrected chi connectivity index (χ2v) is 3.75. The highest BCUT2D eigenvalue weighted by Crippen LogP contribution is 2.14. The van der Waals surface area contributed by atoms with Crippen molar-refractivity contribution in [3.8, 4) is 6.07 Å². The molecule has 0 atom stereocenters. The van der Waals surface area contributed by atoms with Gasteiger partial charge in [0.15, 0.2) is 5.69 Å². The van der Waals surface area contributed by atoms with Crippen LogP contribution in [0.2, 0.25) is 0 Å². The maximum Gasteiger partial charge on any atom is 0.356 e. The Kier molecular flexibility index (Phi) is 3.69. The first-order chi connectivity index (χ1) is 9.19. The van der Waals surface area contributed by atoms with Gasteiger partial charge in [0, 0.05) is 5.69 Å². The van der Waals surface area contributed by atoms with E-state index in [1.807, 2.05) is 24.3 Å². The largest absolute Gasteiger partial charge is 0.476 e. The first kappa shape index (κ1) is 12.5. The number of benzene rings is 1. The number of carbonyl (C=O) groups is 1. The van der Waals surface area contributed by atoms with Crippen molar-refractivity contribution in [2.75, 3.05) is 5.32 Å². The molecule has 0 saturated carbocycles. The average molecular weight is 254 g/mol. The molecule has 0 aliphatic rings. The van der Waals surface area contributed by atoms with Crippen molar-refractivity contribution in [1.29, 1.82) is 5.26 Å². The Hall–Kier alpha value is -2.94. The Morgan fingerprint density at radius 1 is 1.26 bits per heavy atom. The third kappa shape index (κ3) is 3.26. The smallest absolute Gasteiger partial charge is 0.356 e. The minimum absolute atomic E-state index is 0.102. The van der Waals surface area contributed by atoms with Crippen molar-refractivity contribution in [2.45, 2.75) is 6.42 Å². The van der Waals surface area contributed by atoms with E-state index in [-0.39, 0.29) is 5.69 Å². The molecular formula is C13H10N4O2. The van der Waals surface area contributed by atoms with Crippen LogP contribution in [0.1, 0.15) is 16.1 Å². The number of rotatable bonds is 4. The Bertz CT molecular complexity index is 615. The van der Waals surface area contributed by atoms with Gasteiger partial charge in [-0.25, -0.2) is 14.8 Å². The third-order valence-electron chi connectivity index (χ3n) is 2.38. The second kappa shape index (κ2) is 5.60. The minimum Gasteiger partial charge on any atom is -0.476 e. The lowest BCUT2D eigenvalue weighted by Crippen LogP contribution is -2.02. The molecule has 1 aromatic carbocycles. The molecule has 1 aromatic heterocycles. The highest BCUT2D eigenvalue weighted by atomic mass is 16.4. The minimum atomic E-state index is -1.11. The summed E-state index contributed by atoms with van der Waals surface area (Å²) in [5.41, 5.74) is 1.62. The molecule has 6 heteroatoms. The van der Waals surface area contributed by atoms with Gasteiger partial charge in [-0.2, -0.15) is 5.26 Å². The van der Waals surface area contributed by atoms with E-state index < -0.39 is 5.97 Å². The van der Waals surface area contributed by atoms with Crippen LogP contribution in [0.4, 0.5) is 11.5 Å². The van der Waals surface area contributed by atoms with Gasteiger partial charge in [-0.1, -0.05) is 12.1 Å². The summed E-state index contributed by atoms with van der Waals surface area (Å²) in [5.74, 6) is -0.655. The van der Waals surface area contributed by atoms with Crippen LogP contribution in [0.25, 0.3) is 0 Å². The number of nitrogens with zero attached hydrogens (tertiary/aromatic N) is 3. The van der Waals surface area contributed by atoms with Gasteiger partial charge < -0.3 is 10.4 Å². The summed E-state index contributed by atoms with van der Waals surface area (Å²) >= 11 is 0. The fourth-order valence-electron chi connectivity index (χ4n) is 1.45. The van der Waals surface area contributed by atoms with Gasteiger partial charge >= 0.3 is 5.97 Å². The van der Waals surface area contributed by atoms with E-state index in [1.165, 1.54) is 12.4 Å². The normalized spacial score (nSPS) is 9.63. The molecule has 94 valence electrons. The quantitative estimate of drug-likeness (QED) is 0.865. The lowest BCUT2D eigenvalue weighted by atomic mass is 10.1. The molecule has 0 saturated heterocycles. The Balaban J connectivity index is 2.08. The van der Waals surface area contributed by atoms with Gasteiger partial charge in [0.25, 0.3) is 0 Å². The molecule has 19 heavy (non-hydrogen) atoms. The number of nitriles is 1. The molecule has 6 nitrogen and oxygen atoms in total. The zero-order valence-electron chi connectivity index (χ0n) is 9.87. The molecule has 2 aromatic rings. The zero-order chi connectivity index (χ0) is 13.7. The summed E-state index contributed by atoms with van der Waals surface area (Å²) in [4.78, 5) is 18.3. The first-order valence-corrected chi connectivity index (χ1v) is 5.47. The van der Waals surface area contributed by atoms with E-state index in [0.717, 1.165) is 11.3 Å². The fraction of sp³-hybridized carbons (Fsp3) is 0.0769. The van der Waals surface area contributed by atoms with Crippen LogP contribution in [-0.2, 0) is 6.42 Å². The first-order valence-electron chi connectivity index (χ1n) is 5.47. The van der Waals surface area contributed by atoms with Crippen LogP contribution in [0.3, 0.4) is 0 Å². The number of anilines is 2.